The lowest BCUT2D eigenvalue weighted by Crippen LogP contribution is -2.56. The van der Waals surface area contributed by atoms with Gasteiger partial charge in [-0.05, 0) is 66.3 Å². The summed E-state index contributed by atoms with van der Waals surface area (Å²) in [5.41, 5.74) is 0.952. The fraction of sp³-hybridized carbons (Fsp3) is 0.421. The molecular formula is C19H20ClN2O6S2-. The van der Waals surface area contributed by atoms with E-state index in [0.29, 0.717) is 24.3 Å². The predicted molar refractivity (Wildman–Crippen MR) is 109 cm³/mol. The number of halogens is 1. The summed E-state index contributed by atoms with van der Waals surface area (Å²) in [7, 11) is -3.74. The molecule has 1 aromatic carbocycles. The minimum absolute atomic E-state index is 0.0294. The van der Waals surface area contributed by atoms with Gasteiger partial charge in [0.15, 0.2) is 0 Å². The highest BCUT2D eigenvalue weighted by Gasteiger charge is 2.41. The average Bonchev–Trinajstić information content (AvgIpc) is 2.74. The molecule has 3 aliphatic rings. The van der Waals surface area contributed by atoms with Gasteiger partial charge in [0.1, 0.15) is 6.61 Å². The van der Waals surface area contributed by atoms with Crippen molar-refractivity contribution in [3.05, 3.63) is 47.0 Å². The van der Waals surface area contributed by atoms with Crippen molar-refractivity contribution in [3.8, 4) is 0 Å². The van der Waals surface area contributed by atoms with Crippen molar-refractivity contribution in [3.63, 3.8) is 0 Å². The second-order valence-electron chi connectivity index (χ2n) is 7.36. The number of rotatable bonds is 4. The van der Waals surface area contributed by atoms with Gasteiger partial charge in [-0.1, -0.05) is 17.7 Å². The highest BCUT2D eigenvalue weighted by molar-refractivity contribution is 7.89. The number of allylic oxidation sites excluding steroid dienone is 2. The lowest BCUT2D eigenvalue weighted by Gasteiger charge is -2.45. The van der Waals surface area contributed by atoms with Crippen LogP contribution in [0.3, 0.4) is 0 Å². The fourth-order valence-corrected chi connectivity index (χ4v) is 6.18. The molecule has 1 aliphatic carbocycles. The van der Waals surface area contributed by atoms with Crippen LogP contribution in [0.5, 0.6) is 0 Å². The first-order chi connectivity index (χ1) is 14.3. The first-order valence-electron chi connectivity index (χ1n) is 9.48. The maximum absolute atomic E-state index is 12.9. The Hall–Kier alpha value is -1.72. The lowest BCUT2D eigenvalue weighted by molar-refractivity contribution is 0.0393. The molecule has 1 amide bonds. The maximum atomic E-state index is 12.9. The zero-order chi connectivity index (χ0) is 21.5. The van der Waals surface area contributed by atoms with E-state index in [4.69, 9.17) is 16.3 Å². The molecule has 2 aliphatic heterocycles. The molecule has 2 atom stereocenters. The Kier molecular flexibility index (Phi) is 6.04. The molecule has 8 nitrogen and oxygen atoms in total. The number of benzene rings is 1. The molecule has 2 heterocycles. The van der Waals surface area contributed by atoms with E-state index in [0.717, 1.165) is 5.57 Å². The average molecular weight is 472 g/mol. The third-order valence-corrected chi connectivity index (χ3v) is 8.50. The minimum atomic E-state index is -3.74. The van der Waals surface area contributed by atoms with E-state index >= 15 is 0 Å². The first-order valence-corrected chi connectivity index (χ1v) is 12.4. The lowest BCUT2D eigenvalue weighted by atomic mass is 9.93. The van der Waals surface area contributed by atoms with E-state index in [1.807, 2.05) is 12.2 Å². The van der Waals surface area contributed by atoms with Crippen molar-refractivity contribution < 1.29 is 26.7 Å². The zero-order valence-corrected chi connectivity index (χ0v) is 18.3. The number of hydrogen-bond donors (Lipinski definition) is 0. The van der Waals surface area contributed by atoms with Gasteiger partial charge in [-0.25, -0.2) is 13.2 Å². The molecule has 11 heteroatoms. The Bertz CT molecular complexity index is 1030. The Morgan fingerprint density at radius 3 is 2.47 bits per heavy atom. The van der Waals surface area contributed by atoms with E-state index in [1.165, 1.54) is 28.6 Å². The number of nitrogens with zero attached hydrogens (tertiary/aromatic N) is 2. The topological polar surface area (TPSA) is 107 Å². The second kappa shape index (κ2) is 8.43. The Labute approximate surface area is 182 Å². The first kappa shape index (κ1) is 21.5. The van der Waals surface area contributed by atoms with Crippen LogP contribution in [-0.2, 0) is 25.8 Å². The van der Waals surface area contributed by atoms with Crippen LogP contribution in [0.2, 0.25) is 0 Å². The zero-order valence-electron chi connectivity index (χ0n) is 15.9. The van der Waals surface area contributed by atoms with Crippen LogP contribution in [0.25, 0.3) is 0 Å². The van der Waals surface area contributed by atoms with Gasteiger partial charge in [0.2, 0.25) is 10.0 Å². The minimum Gasteiger partial charge on any atom is -0.768 e. The summed E-state index contributed by atoms with van der Waals surface area (Å²) < 4.78 is 54.5. The van der Waals surface area contributed by atoms with Gasteiger partial charge < -0.3 is 9.29 Å². The Morgan fingerprint density at radius 1 is 1.17 bits per heavy atom. The summed E-state index contributed by atoms with van der Waals surface area (Å²) >= 11 is 3.67. The molecule has 1 aromatic rings. The molecular weight excluding hydrogens is 452 g/mol. The largest absolute Gasteiger partial charge is 0.768 e. The summed E-state index contributed by atoms with van der Waals surface area (Å²) in [5.74, 6) is 0. The number of sulfonamides is 1. The molecule has 0 aromatic heterocycles. The molecule has 30 heavy (non-hydrogen) atoms. The summed E-state index contributed by atoms with van der Waals surface area (Å²) in [4.78, 5) is 14.3. The highest BCUT2D eigenvalue weighted by atomic mass is 35.5. The van der Waals surface area contributed by atoms with Crippen molar-refractivity contribution in [2.75, 3.05) is 19.7 Å². The molecule has 0 bridgehead atoms. The van der Waals surface area contributed by atoms with Gasteiger partial charge in [0.25, 0.3) is 0 Å². The molecule has 162 valence electrons. The Balaban J connectivity index is 1.46. The maximum Gasteiger partial charge on any atom is 0.410 e. The molecule has 0 saturated carbocycles. The summed E-state index contributed by atoms with van der Waals surface area (Å²) in [6.07, 6.45) is 4.90. The van der Waals surface area contributed by atoms with Crippen LogP contribution in [-0.4, -0.2) is 64.3 Å². The molecule has 0 spiro atoms. The highest BCUT2D eigenvalue weighted by Crippen LogP contribution is 2.33. The summed E-state index contributed by atoms with van der Waals surface area (Å²) in [5, 5.41) is 0.631. The number of piperidine rings is 1. The number of cyclic esters (lactones) is 1. The van der Waals surface area contributed by atoms with E-state index < -0.39 is 21.1 Å². The van der Waals surface area contributed by atoms with Crippen molar-refractivity contribution in [1.29, 1.82) is 0 Å². The van der Waals surface area contributed by atoms with E-state index in [2.05, 4.69) is 0 Å². The standard InChI is InChI=1S/C19H21ClN2O6S2/c20-14-1-6-18-13(11-14)12-28-19(23)22(18)15-7-9-21(10-8-15)30(26,27)17-4-2-16(3-5-17)29(24)25/h1-5,11,15,18H,6-10,12H2,(H,24,25)/p-1. The van der Waals surface area contributed by atoms with Crippen LogP contribution in [0.4, 0.5) is 4.79 Å². The molecule has 2 unspecified atom stereocenters. The van der Waals surface area contributed by atoms with Crippen LogP contribution in [0.15, 0.2) is 56.8 Å². The van der Waals surface area contributed by atoms with Gasteiger partial charge in [0, 0.05) is 29.1 Å². The van der Waals surface area contributed by atoms with Gasteiger partial charge in [-0.2, -0.15) is 4.31 Å². The van der Waals surface area contributed by atoms with Crippen LogP contribution < -0.4 is 0 Å². The quantitative estimate of drug-likeness (QED) is 0.624. The molecule has 2 saturated heterocycles. The SMILES string of the molecule is O=C1OCC2=CC(Cl)=CCC2N1C1CCN(S(=O)(=O)c2ccc(S(=O)[O-])cc2)CC1. The second-order valence-corrected chi connectivity index (χ2v) is 10.7. The van der Waals surface area contributed by atoms with Gasteiger partial charge in [0.05, 0.1) is 10.9 Å². The van der Waals surface area contributed by atoms with Crippen LogP contribution in [0, 0.1) is 0 Å². The van der Waals surface area contributed by atoms with Crippen molar-refractivity contribution in [2.45, 2.75) is 41.1 Å². The number of amides is 1. The number of fused-ring (bicyclic) bond motifs is 1. The summed E-state index contributed by atoms with van der Waals surface area (Å²) in [6, 6.07) is 4.88. The van der Waals surface area contributed by atoms with Crippen molar-refractivity contribution in [2.24, 2.45) is 0 Å². The van der Waals surface area contributed by atoms with Gasteiger partial charge in [-0.15, -0.1) is 0 Å². The van der Waals surface area contributed by atoms with Crippen LogP contribution >= 0.6 is 11.6 Å². The van der Waals surface area contributed by atoms with Crippen LogP contribution in [0.1, 0.15) is 19.3 Å². The molecule has 0 radical (unpaired) electrons. The van der Waals surface area contributed by atoms with E-state index in [1.54, 1.807) is 4.90 Å². The third kappa shape index (κ3) is 4.06. The predicted octanol–water partition coefficient (Wildman–Crippen LogP) is 2.35. The van der Waals surface area contributed by atoms with Gasteiger partial charge in [-0.3, -0.25) is 9.11 Å². The van der Waals surface area contributed by atoms with Crippen molar-refractivity contribution in [1.82, 2.24) is 9.21 Å². The molecule has 0 N–H and O–H groups in total. The molecule has 4 rings (SSSR count). The number of ether oxygens (including phenoxy) is 1. The monoisotopic (exact) mass is 471 g/mol. The third-order valence-electron chi connectivity index (χ3n) is 5.67. The van der Waals surface area contributed by atoms with Crippen molar-refractivity contribution >= 4 is 38.8 Å². The summed E-state index contributed by atoms with van der Waals surface area (Å²) in [6.45, 7) is 0.740. The van der Waals surface area contributed by atoms with E-state index in [-0.39, 0.29) is 47.7 Å². The number of hydrogen-bond acceptors (Lipinski definition) is 6. The fourth-order valence-electron chi connectivity index (χ4n) is 4.12. The number of carbonyl (C=O) groups excluding carboxylic acids is 1. The smallest absolute Gasteiger partial charge is 0.410 e. The number of carbonyl (C=O) groups is 1. The Morgan fingerprint density at radius 2 is 1.83 bits per heavy atom. The molecule has 2 fully saturated rings. The van der Waals surface area contributed by atoms with Gasteiger partial charge >= 0.3 is 6.09 Å². The van der Waals surface area contributed by atoms with E-state index in [9.17, 15) is 22.0 Å². The normalized spacial score (nSPS) is 24.5.